The average molecular weight is 317 g/mol. The van der Waals surface area contributed by atoms with Gasteiger partial charge < -0.3 is 26.1 Å². The van der Waals surface area contributed by atoms with Crippen LogP contribution in [-0.2, 0) is 9.31 Å². The second-order valence-electron chi connectivity index (χ2n) is 7.18. The lowest BCUT2D eigenvalue weighted by Crippen LogP contribution is -2.41. The van der Waals surface area contributed by atoms with Crippen molar-refractivity contribution in [3.63, 3.8) is 0 Å². The first kappa shape index (κ1) is 17.9. The molecule has 0 amide bonds. The van der Waals surface area contributed by atoms with Crippen LogP contribution in [0, 0.1) is 6.92 Å². The van der Waals surface area contributed by atoms with E-state index in [4.69, 9.17) is 20.8 Å². The molecule has 6 heteroatoms. The normalized spacial score (nSPS) is 20.1. The predicted octanol–water partition coefficient (Wildman–Crippen LogP) is 2.39. The van der Waals surface area contributed by atoms with E-state index >= 15 is 0 Å². The van der Waals surface area contributed by atoms with Crippen LogP contribution in [0.15, 0.2) is 17.6 Å². The van der Waals surface area contributed by atoms with Gasteiger partial charge in [-0.2, -0.15) is 0 Å². The van der Waals surface area contributed by atoms with Crippen molar-refractivity contribution in [2.45, 2.75) is 45.8 Å². The molecule has 1 aromatic carbocycles. The molecule has 0 bridgehead atoms. The molecule has 0 aliphatic carbocycles. The third-order valence-electron chi connectivity index (χ3n) is 4.73. The highest BCUT2D eigenvalue weighted by Gasteiger charge is 2.52. The first-order chi connectivity index (χ1) is 10.6. The highest BCUT2D eigenvalue weighted by Crippen LogP contribution is 2.38. The summed E-state index contributed by atoms with van der Waals surface area (Å²) in [6, 6.07) is 3.90. The number of rotatable bonds is 4. The molecule has 1 aromatic rings. The second kappa shape index (κ2) is 6.19. The van der Waals surface area contributed by atoms with Crippen molar-refractivity contribution in [3.05, 3.63) is 28.7 Å². The molecule has 5 N–H and O–H groups in total. The summed E-state index contributed by atoms with van der Waals surface area (Å²) in [7, 11) is 1.52. The van der Waals surface area contributed by atoms with Gasteiger partial charge in [-0.05, 0) is 70.4 Å². The lowest BCUT2D eigenvalue weighted by atomic mass is 9.77. The summed E-state index contributed by atoms with van der Waals surface area (Å²) in [5.74, 6) is 0. The van der Waals surface area contributed by atoms with Gasteiger partial charge in [0.15, 0.2) is 0 Å². The predicted molar refractivity (Wildman–Crippen MR) is 98.0 cm³/mol. The Morgan fingerprint density at radius 3 is 2.22 bits per heavy atom. The number of nitrogen functional groups attached to an aromatic ring is 2. The van der Waals surface area contributed by atoms with Gasteiger partial charge in [0.05, 0.1) is 22.6 Å². The molecule has 0 saturated carbocycles. The second-order valence-corrected chi connectivity index (χ2v) is 7.18. The van der Waals surface area contributed by atoms with Gasteiger partial charge in [-0.1, -0.05) is 6.08 Å². The number of hydrogen-bond donors (Lipinski definition) is 3. The minimum Gasteiger partial charge on any atom is -0.400 e. The van der Waals surface area contributed by atoms with E-state index in [-0.39, 0.29) is 18.3 Å². The van der Waals surface area contributed by atoms with Crippen molar-refractivity contribution < 1.29 is 9.31 Å². The SMILES string of the molecule is CNCC(=Cc1cc(C)c(N)c(N)c1)B1OC(C)(C)C(C)(C)O1. The Morgan fingerprint density at radius 2 is 1.74 bits per heavy atom. The molecule has 0 aromatic heterocycles. The zero-order chi connectivity index (χ0) is 17.4. The highest BCUT2D eigenvalue weighted by atomic mass is 16.7. The number of likely N-dealkylation sites (N-methyl/N-ethyl adjacent to an activating group) is 1. The lowest BCUT2D eigenvalue weighted by Gasteiger charge is -2.32. The Kier molecular flexibility index (Phi) is 4.80. The number of aryl methyl sites for hydroxylation is 1. The fraction of sp³-hybridized carbons (Fsp3) is 0.529. The van der Waals surface area contributed by atoms with Crippen LogP contribution in [0.25, 0.3) is 6.08 Å². The molecule has 1 aliphatic rings. The molecular formula is C17H28BN3O2. The van der Waals surface area contributed by atoms with E-state index in [0.29, 0.717) is 17.9 Å². The van der Waals surface area contributed by atoms with Gasteiger partial charge in [-0.3, -0.25) is 0 Å². The third-order valence-corrected chi connectivity index (χ3v) is 4.73. The molecule has 1 aliphatic heterocycles. The fourth-order valence-corrected chi connectivity index (χ4v) is 2.55. The van der Waals surface area contributed by atoms with E-state index in [2.05, 4.69) is 39.1 Å². The number of nitrogens with one attached hydrogen (secondary N) is 1. The summed E-state index contributed by atoms with van der Waals surface area (Å²) in [6.07, 6.45) is 2.06. The smallest absolute Gasteiger partial charge is 0.400 e. The van der Waals surface area contributed by atoms with E-state index in [0.717, 1.165) is 16.6 Å². The number of anilines is 2. The van der Waals surface area contributed by atoms with E-state index in [1.165, 1.54) is 0 Å². The first-order valence-corrected chi connectivity index (χ1v) is 7.93. The van der Waals surface area contributed by atoms with Crippen LogP contribution in [0.2, 0.25) is 0 Å². The van der Waals surface area contributed by atoms with E-state index in [1.807, 2.05) is 26.1 Å². The lowest BCUT2D eigenvalue weighted by molar-refractivity contribution is 0.00578. The molecule has 0 unspecified atom stereocenters. The number of nitrogens with two attached hydrogens (primary N) is 2. The summed E-state index contributed by atoms with van der Waals surface area (Å²) < 4.78 is 12.3. The molecule has 1 saturated heterocycles. The van der Waals surface area contributed by atoms with Crippen molar-refractivity contribution in [1.82, 2.24) is 5.32 Å². The van der Waals surface area contributed by atoms with Gasteiger partial charge in [0.1, 0.15) is 0 Å². The highest BCUT2D eigenvalue weighted by molar-refractivity contribution is 6.55. The van der Waals surface area contributed by atoms with Crippen LogP contribution in [0.4, 0.5) is 11.4 Å². The van der Waals surface area contributed by atoms with Crippen molar-refractivity contribution in [2.24, 2.45) is 0 Å². The van der Waals surface area contributed by atoms with Gasteiger partial charge in [0, 0.05) is 6.54 Å². The van der Waals surface area contributed by atoms with Crippen LogP contribution in [0.1, 0.15) is 38.8 Å². The van der Waals surface area contributed by atoms with Crippen molar-refractivity contribution in [1.29, 1.82) is 0 Å². The topological polar surface area (TPSA) is 82.5 Å². The fourth-order valence-electron chi connectivity index (χ4n) is 2.55. The van der Waals surface area contributed by atoms with Gasteiger partial charge in [0.25, 0.3) is 0 Å². The van der Waals surface area contributed by atoms with Crippen LogP contribution >= 0.6 is 0 Å². The maximum absolute atomic E-state index is 6.15. The standard InChI is InChI=1S/C17H28BN3O2/c1-11-7-12(9-14(19)15(11)20)8-13(10-21-6)18-22-16(2,3)17(4,5)23-18/h7-9,21H,10,19-20H2,1-6H3. The van der Waals surface area contributed by atoms with Crippen molar-refractivity contribution >= 4 is 24.6 Å². The van der Waals surface area contributed by atoms with Crippen molar-refractivity contribution in [3.8, 4) is 0 Å². The first-order valence-electron chi connectivity index (χ1n) is 7.93. The maximum Gasteiger partial charge on any atom is 0.491 e. The summed E-state index contributed by atoms with van der Waals surface area (Å²) in [5, 5.41) is 3.18. The largest absolute Gasteiger partial charge is 0.491 e. The quantitative estimate of drug-likeness (QED) is 0.587. The molecule has 126 valence electrons. The molecule has 5 nitrogen and oxygen atoms in total. The summed E-state index contributed by atoms with van der Waals surface area (Å²) in [4.78, 5) is 0. The monoisotopic (exact) mass is 317 g/mol. The van der Waals surface area contributed by atoms with Gasteiger partial charge in [0.2, 0.25) is 0 Å². The van der Waals surface area contributed by atoms with Crippen LogP contribution in [0.5, 0.6) is 0 Å². The molecule has 0 spiro atoms. The van der Waals surface area contributed by atoms with E-state index in [9.17, 15) is 0 Å². The van der Waals surface area contributed by atoms with E-state index in [1.54, 1.807) is 0 Å². The summed E-state index contributed by atoms with van der Waals surface area (Å²) >= 11 is 0. The van der Waals surface area contributed by atoms with Crippen LogP contribution in [0.3, 0.4) is 0 Å². The molecule has 0 radical (unpaired) electrons. The molecule has 0 atom stereocenters. The van der Waals surface area contributed by atoms with Gasteiger partial charge in [-0.15, -0.1) is 0 Å². The zero-order valence-electron chi connectivity index (χ0n) is 15.0. The average Bonchev–Trinajstić information content (AvgIpc) is 2.64. The van der Waals surface area contributed by atoms with Gasteiger partial charge >= 0.3 is 7.12 Å². The maximum atomic E-state index is 6.15. The van der Waals surface area contributed by atoms with Crippen molar-refractivity contribution in [2.75, 3.05) is 25.1 Å². The third kappa shape index (κ3) is 3.55. The zero-order valence-corrected chi connectivity index (χ0v) is 15.0. The Bertz CT molecular complexity index is 587. The Balaban J connectivity index is 2.36. The minimum atomic E-state index is -0.383. The Morgan fingerprint density at radius 1 is 1.17 bits per heavy atom. The number of benzene rings is 1. The van der Waals surface area contributed by atoms with Crippen LogP contribution < -0.4 is 16.8 Å². The van der Waals surface area contributed by atoms with Gasteiger partial charge in [-0.25, -0.2) is 0 Å². The van der Waals surface area contributed by atoms with E-state index < -0.39 is 0 Å². The number of hydrogen-bond acceptors (Lipinski definition) is 5. The molecular weight excluding hydrogens is 289 g/mol. The molecule has 23 heavy (non-hydrogen) atoms. The van der Waals surface area contributed by atoms with Crippen LogP contribution in [-0.4, -0.2) is 31.9 Å². The Hall–Kier alpha value is -1.50. The minimum absolute atomic E-state index is 0.361. The summed E-state index contributed by atoms with van der Waals surface area (Å²) in [6.45, 7) is 10.8. The Labute approximate surface area is 139 Å². The molecule has 1 fully saturated rings. The molecule has 2 rings (SSSR count). The summed E-state index contributed by atoms with van der Waals surface area (Å²) in [5.41, 5.74) is 15.4. The molecule has 1 heterocycles.